The van der Waals surface area contributed by atoms with Crippen molar-refractivity contribution < 1.29 is 13.9 Å². The van der Waals surface area contributed by atoms with E-state index in [-0.39, 0.29) is 11.7 Å². The molecule has 0 radical (unpaired) electrons. The van der Waals surface area contributed by atoms with Crippen molar-refractivity contribution in [1.82, 2.24) is 4.90 Å². The van der Waals surface area contributed by atoms with E-state index in [0.717, 1.165) is 56.3 Å². The van der Waals surface area contributed by atoms with E-state index < -0.39 is 0 Å². The number of carbonyl (C=O) groups is 1. The number of hydrogen-bond donors (Lipinski definition) is 1. The van der Waals surface area contributed by atoms with Crippen LogP contribution in [0.5, 0.6) is 5.75 Å². The van der Waals surface area contributed by atoms with Crippen molar-refractivity contribution >= 4 is 17.3 Å². The van der Waals surface area contributed by atoms with Gasteiger partial charge in [0, 0.05) is 51.0 Å². The second kappa shape index (κ2) is 9.37. The number of hydrogen-bond acceptors (Lipinski definition) is 4. The molecule has 1 saturated heterocycles. The summed E-state index contributed by atoms with van der Waals surface area (Å²) in [7, 11) is 0. The maximum absolute atomic E-state index is 13.0. The number of nitrogens with zero attached hydrogens (tertiary/aromatic N) is 2. The minimum absolute atomic E-state index is 0.0804. The van der Waals surface area contributed by atoms with Crippen molar-refractivity contribution in [2.75, 3.05) is 49.5 Å². The first-order valence-corrected chi connectivity index (χ1v) is 9.33. The van der Waals surface area contributed by atoms with Gasteiger partial charge in [-0.25, -0.2) is 4.39 Å². The second-order valence-electron chi connectivity index (χ2n) is 6.71. The average molecular weight is 371 g/mol. The van der Waals surface area contributed by atoms with Crippen molar-refractivity contribution in [3.8, 4) is 5.75 Å². The van der Waals surface area contributed by atoms with E-state index in [1.54, 1.807) is 0 Å². The van der Waals surface area contributed by atoms with Gasteiger partial charge in [0.1, 0.15) is 11.6 Å². The van der Waals surface area contributed by atoms with E-state index in [0.29, 0.717) is 6.61 Å². The number of piperazine rings is 1. The fourth-order valence-electron chi connectivity index (χ4n) is 3.20. The molecule has 0 aromatic heterocycles. The fourth-order valence-corrected chi connectivity index (χ4v) is 3.20. The quantitative estimate of drug-likeness (QED) is 0.758. The SMILES string of the molecule is CC(=O)Nc1ccc(OCCCN2CCN(c3ccc(F)cc3)CC2)cc1. The largest absolute Gasteiger partial charge is 0.494 e. The summed E-state index contributed by atoms with van der Waals surface area (Å²) in [5.74, 6) is 0.538. The zero-order chi connectivity index (χ0) is 19.1. The van der Waals surface area contributed by atoms with Crippen LogP contribution in [0.25, 0.3) is 0 Å². The number of carbonyl (C=O) groups excluding carboxylic acids is 1. The molecule has 2 aromatic carbocycles. The molecule has 0 spiro atoms. The number of anilines is 2. The number of amides is 1. The maximum atomic E-state index is 13.0. The minimum atomic E-state index is -0.192. The monoisotopic (exact) mass is 371 g/mol. The van der Waals surface area contributed by atoms with E-state index in [2.05, 4.69) is 15.1 Å². The molecule has 0 bridgehead atoms. The fraction of sp³-hybridized carbons (Fsp3) is 0.381. The Morgan fingerprint density at radius 3 is 2.33 bits per heavy atom. The molecule has 0 saturated carbocycles. The predicted molar refractivity (Wildman–Crippen MR) is 106 cm³/mol. The van der Waals surface area contributed by atoms with E-state index >= 15 is 0 Å². The molecule has 1 fully saturated rings. The molecule has 0 atom stereocenters. The van der Waals surface area contributed by atoms with Crippen LogP contribution in [0.2, 0.25) is 0 Å². The molecule has 1 aliphatic heterocycles. The Hall–Kier alpha value is -2.60. The van der Waals surface area contributed by atoms with Gasteiger partial charge in [-0.15, -0.1) is 0 Å². The van der Waals surface area contributed by atoms with Crippen LogP contribution in [-0.2, 0) is 4.79 Å². The van der Waals surface area contributed by atoms with Crippen molar-refractivity contribution in [2.24, 2.45) is 0 Å². The Morgan fingerprint density at radius 2 is 1.70 bits per heavy atom. The van der Waals surface area contributed by atoms with Gasteiger partial charge in [0.2, 0.25) is 5.91 Å². The van der Waals surface area contributed by atoms with Crippen LogP contribution in [0.1, 0.15) is 13.3 Å². The molecular weight excluding hydrogens is 345 g/mol. The molecule has 1 heterocycles. The van der Waals surface area contributed by atoms with Gasteiger partial charge in [-0.2, -0.15) is 0 Å². The van der Waals surface area contributed by atoms with E-state index in [9.17, 15) is 9.18 Å². The Balaban J connectivity index is 1.33. The average Bonchev–Trinajstić information content (AvgIpc) is 2.67. The molecule has 1 N–H and O–H groups in total. The van der Waals surface area contributed by atoms with Crippen LogP contribution in [0.3, 0.4) is 0 Å². The molecule has 27 heavy (non-hydrogen) atoms. The lowest BCUT2D eigenvalue weighted by atomic mass is 10.2. The lowest BCUT2D eigenvalue weighted by Gasteiger charge is -2.36. The normalized spacial score (nSPS) is 14.8. The van der Waals surface area contributed by atoms with E-state index in [4.69, 9.17) is 4.74 Å². The van der Waals surface area contributed by atoms with Gasteiger partial charge >= 0.3 is 0 Å². The summed E-state index contributed by atoms with van der Waals surface area (Å²) in [6.07, 6.45) is 0.962. The molecule has 2 aromatic rings. The van der Waals surface area contributed by atoms with Crippen LogP contribution < -0.4 is 15.0 Å². The number of ether oxygens (including phenoxy) is 1. The highest BCUT2D eigenvalue weighted by atomic mass is 19.1. The summed E-state index contributed by atoms with van der Waals surface area (Å²) in [4.78, 5) is 15.7. The summed E-state index contributed by atoms with van der Waals surface area (Å²) < 4.78 is 18.8. The highest BCUT2D eigenvalue weighted by Gasteiger charge is 2.16. The second-order valence-corrected chi connectivity index (χ2v) is 6.71. The summed E-state index contributed by atoms with van der Waals surface area (Å²) in [5, 5.41) is 2.74. The van der Waals surface area contributed by atoms with Crippen molar-refractivity contribution in [1.29, 1.82) is 0 Å². The van der Waals surface area contributed by atoms with Crippen molar-refractivity contribution in [2.45, 2.75) is 13.3 Å². The Labute approximate surface area is 159 Å². The Kier molecular flexibility index (Phi) is 6.65. The Morgan fingerprint density at radius 1 is 1.04 bits per heavy atom. The lowest BCUT2D eigenvalue weighted by Crippen LogP contribution is -2.46. The minimum Gasteiger partial charge on any atom is -0.494 e. The highest BCUT2D eigenvalue weighted by molar-refractivity contribution is 5.88. The summed E-state index contributed by atoms with van der Waals surface area (Å²) >= 11 is 0. The van der Waals surface area contributed by atoms with Crippen LogP contribution in [0.15, 0.2) is 48.5 Å². The first-order chi connectivity index (χ1) is 13.1. The van der Waals surface area contributed by atoms with Crippen molar-refractivity contribution in [3.63, 3.8) is 0 Å². The van der Waals surface area contributed by atoms with Gasteiger partial charge in [0.25, 0.3) is 0 Å². The predicted octanol–water partition coefficient (Wildman–Crippen LogP) is 3.38. The zero-order valence-corrected chi connectivity index (χ0v) is 15.7. The van der Waals surface area contributed by atoms with Crippen LogP contribution in [0.4, 0.5) is 15.8 Å². The molecule has 5 nitrogen and oxygen atoms in total. The van der Waals surface area contributed by atoms with E-state index in [1.165, 1.54) is 19.1 Å². The molecule has 144 valence electrons. The third kappa shape index (κ3) is 5.96. The van der Waals surface area contributed by atoms with Gasteiger partial charge in [-0.05, 0) is 55.0 Å². The number of benzene rings is 2. The zero-order valence-electron chi connectivity index (χ0n) is 15.7. The third-order valence-electron chi connectivity index (χ3n) is 4.63. The topological polar surface area (TPSA) is 44.8 Å². The molecule has 0 aliphatic carbocycles. The Bertz CT molecular complexity index is 726. The van der Waals surface area contributed by atoms with Crippen LogP contribution in [0, 0.1) is 5.82 Å². The molecule has 0 unspecified atom stereocenters. The molecule has 1 amide bonds. The first kappa shape index (κ1) is 19.2. The molecular formula is C21H26FN3O2. The number of nitrogens with one attached hydrogen (secondary N) is 1. The standard InChI is InChI=1S/C21H26FN3O2/c1-17(26)23-19-5-9-21(10-6-19)27-16-2-11-24-12-14-25(15-13-24)20-7-3-18(22)4-8-20/h3-10H,2,11-16H2,1H3,(H,23,26). The summed E-state index contributed by atoms with van der Waals surface area (Å²) in [6.45, 7) is 7.07. The highest BCUT2D eigenvalue weighted by Crippen LogP contribution is 2.18. The van der Waals surface area contributed by atoms with Gasteiger partial charge in [0.05, 0.1) is 6.61 Å². The molecule has 1 aliphatic rings. The van der Waals surface area contributed by atoms with Crippen LogP contribution >= 0.6 is 0 Å². The molecule has 6 heteroatoms. The van der Waals surface area contributed by atoms with Gasteiger partial charge in [0.15, 0.2) is 0 Å². The smallest absolute Gasteiger partial charge is 0.221 e. The third-order valence-corrected chi connectivity index (χ3v) is 4.63. The van der Waals surface area contributed by atoms with Crippen molar-refractivity contribution in [3.05, 3.63) is 54.3 Å². The first-order valence-electron chi connectivity index (χ1n) is 9.33. The van der Waals surface area contributed by atoms with Gasteiger partial charge < -0.3 is 15.0 Å². The number of halogens is 1. The number of rotatable bonds is 7. The lowest BCUT2D eigenvalue weighted by molar-refractivity contribution is -0.114. The van der Waals surface area contributed by atoms with Gasteiger partial charge in [-0.3, -0.25) is 9.69 Å². The van der Waals surface area contributed by atoms with Crippen LogP contribution in [-0.4, -0.2) is 50.1 Å². The molecule has 3 rings (SSSR count). The summed E-state index contributed by atoms with van der Waals surface area (Å²) in [5.41, 5.74) is 1.86. The van der Waals surface area contributed by atoms with E-state index in [1.807, 2.05) is 36.4 Å². The summed E-state index contributed by atoms with van der Waals surface area (Å²) in [6, 6.07) is 14.1. The van der Waals surface area contributed by atoms with Gasteiger partial charge in [-0.1, -0.05) is 0 Å². The maximum Gasteiger partial charge on any atom is 0.221 e.